The quantitative estimate of drug-likeness (QED) is 0.814. The molecule has 0 saturated carbocycles. The number of aliphatic carboxylic acids is 1. The van der Waals surface area contributed by atoms with E-state index in [4.69, 9.17) is 9.84 Å². The number of carboxylic acid groups (broad SMARTS) is 1. The number of nitrogens with one attached hydrogen (secondary N) is 1. The van der Waals surface area contributed by atoms with Crippen LogP contribution in [0.5, 0.6) is 5.75 Å². The van der Waals surface area contributed by atoms with Crippen LogP contribution in [0, 0.1) is 12.8 Å². The number of benzene rings is 1. The summed E-state index contributed by atoms with van der Waals surface area (Å²) in [5.41, 5.74) is 1.06. The third-order valence-electron chi connectivity index (χ3n) is 3.86. The number of carbonyl (C=O) groups is 2. The van der Waals surface area contributed by atoms with E-state index in [1.807, 2.05) is 31.2 Å². The molecule has 0 unspecified atom stereocenters. The monoisotopic (exact) mass is 306 g/mol. The molecule has 0 aromatic heterocycles. The average Bonchev–Trinajstić information content (AvgIpc) is 2.53. The van der Waals surface area contributed by atoms with Crippen molar-refractivity contribution in [1.29, 1.82) is 0 Å². The number of likely N-dealkylation sites (tertiary alicyclic amines) is 1. The molecule has 0 spiro atoms. The van der Waals surface area contributed by atoms with Crippen molar-refractivity contribution >= 4 is 12.0 Å². The fraction of sp³-hybridized carbons (Fsp3) is 0.500. The fourth-order valence-electron chi connectivity index (χ4n) is 2.48. The Balaban J connectivity index is 1.66. The number of para-hydroxylation sites is 1. The highest BCUT2D eigenvalue weighted by molar-refractivity contribution is 5.75. The van der Waals surface area contributed by atoms with Crippen LogP contribution < -0.4 is 10.1 Å². The normalized spacial score (nSPS) is 15.4. The van der Waals surface area contributed by atoms with Gasteiger partial charge in [0, 0.05) is 13.1 Å². The molecule has 120 valence electrons. The minimum Gasteiger partial charge on any atom is -0.491 e. The molecule has 1 aliphatic heterocycles. The lowest BCUT2D eigenvalue weighted by Crippen LogP contribution is -2.46. The maximum atomic E-state index is 12.0. The smallest absolute Gasteiger partial charge is 0.317 e. The summed E-state index contributed by atoms with van der Waals surface area (Å²) in [6.45, 7) is 3.78. The van der Waals surface area contributed by atoms with Gasteiger partial charge in [-0.3, -0.25) is 4.79 Å². The summed E-state index contributed by atoms with van der Waals surface area (Å²) in [5, 5.41) is 11.7. The number of carboxylic acids is 1. The van der Waals surface area contributed by atoms with Crippen LogP contribution in [0.25, 0.3) is 0 Å². The molecule has 0 atom stereocenters. The van der Waals surface area contributed by atoms with Crippen molar-refractivity contribution < 1.29 is 19.4 Å². The molecule has 0 bridgehead atoms. The molecule has 0 aliphatic carbocycles. The highest BCUT2D eigenvalue weighted by atomic mass is 16.5. The van der Waals surface area contributed by atoms with E-state index < -0.39 is 5.97 Å². The van der Waals surface area contributed by atoms with Gasteiger partial charge in [-0.1, -0.05) is 18.2 Å². The molecule has 1 fully saturated rings. The number of piperidine rings is 1. The number of nitrogens with zero attached hydrogens (tertiary/aromatic N) is 1. The molecular weight excluding hydrogens is 284 g/mol. The van der Waals surface area contributed by atoms with Gasteiger partial charge in [0.2, 0.25) is 0 Å². The SMILES string of the molecule is Cc1ccccc1OCCNC(=O)N1CCC(C(=O)O)CC1. The maximum Gasteiger partial charge on any atom is 0.317 e. The second-order valence-electron chi connectivity index (χ2n) is 5.45. The van der Waals surface area contributed by atoms with Crippen LogP contribution in [0.2, 0.25) is 0 Å². The average molecular weight is 306 g/mol. The Morgan fingerprint density at radius 2 is 2.00 bits per heavy atom. The Hall–Kier alpha value is -2.24. The largest absolute Gasteiger partial charge is 0.491 e. The number of aryl methyl sites for hydroxylation is 1. The second kappa shape index (κ2) is 7.68. The second-order valence-corrected chi connectivity index (χ2v) is 5.45. The van der Waals surface area contributed by atoms with E-state index in [1.165, 1.54) is 0 Å². The summed E-state index contributed by atoms with van der Waals surface area (Å²) in [6, 6.07) is 7.57. The number of amides is 2. The fourth-order valence-corrected chi connectivity index (χ4v) is 2.48. The zero-order valence-corrected chi connectivity index (χ0v) is 12.7. The molecule has 1 saturated heterocycles. The minimum absolute atomic E-state index is 0.155. The van der Waals surface area contributed by atoms with Gasteiger partial charge in [-0.25, -0.2) is 4.79 Å². The van der Waals surface area contributed by atoms with Gasteiger partial charge in [-0.15, -0.1) is 0 Å². The van der Waals surface area contributed by atoms with Crippen LogP contribution in [-0.2, 0) is 4.79 Å². The first-order valence-electron chi connectivity index (χ1n) is 7.52. The van der Waals surface area contributed by atoms with Crippen LogP contribution in [0.15, 0.2) is 24.3 Å². The van der Waals surface area contributed by atoms with Gasteiger partial charge >= 0.3 is 12.0 Å². The Kier molecular flexibility index (Phi) is 5.63. The van der Waals surface area contributed by atoms with Crippen molar-refractivity contribution in [1.82, 2.24) is 10.2 Å². The Morgan fingerprint density at radius 3 is 2.64 bits per heavy atom. The van der Waals surface area contributed by atoms with Gasteiger partial charge in [-0.05, 0) is 31.4 Å². The van der Waals surface area contributed by atoms with Gasteiger partial charge in [0.15, 0.2) is 0 Å². The highest BCUT2D eigenvalue weighted by Crippen LogP contribution is 2.17. The van der Waals surface area contributed by atoms with Crippen molar-refractivity contribution in [2.75, 3.05) is 26.2 Å². The lowest BCUT2D eigenvalue weighted by atomic mass is 9.97. The molecule has 2 amide bonds. The predicted molar refractivity (Wildman–Crippen MR) is 82.0 cm³/mol. The zero-order valence-electron chi connectivity index (χ0n) is 12.7. The van der Waals surface area contributed by atoms with Gasteiger partial charge < -0.3 is 20.1 Å². The van der Waals surface area contributed by atoms with Crippen LogP contribution in [-0.4, -0.2) is 48.2 Å². The standard InChI is InChI=1S/C16H22N2O4/c1-12-4-2-3-5-14(12)22-11-8-17-16(21)18-9-6-13(7-10-18)15(19)20/h2-5,13H,6-11H2,1H3,(H,17,21)(H,19,20). The summed E-state index contributed by atoms with van der Waals surface area (Å²) < 4.78 is 5.61. The van der Waals surface area contributed by atoms with Crippen LogP contribution in [0.3, 0.4) is 0 Å². The Morgan fingerprint density at radius 1 is 1.32 bits per heavy atom. The number of rotatable bonds is 5. The summed E-state index contributed by atoms with van der Waals surface area (Å²) >= 11 is 0. The number of ether oxygens (including phenoxy) is 1. The van der Waals surface area contributed by atoms with Gasteiger partial charge in [-0.2, -0.15) is 0 Å². The molecule has 1 aliphatic rings. The molecule has 6 nitrogen and oxygen atoms in total. The van der Waals surface area contributed by atoms with E-state index in [9.17, 15) is 9.59 Å². The molecule has 22 heavy (non-hydrogen) atoms. The van der Waals surface area contributed by atoms with E-state index in [2.05, 4.69) is 5.32 Å². The first-order chi connectivity index (χ1) is 10.6. The van der Waals surface area contributed by atoms with Crippen LogP contribution in [0.4, 0.5) is 4.79 Å². The van der Waals surface area contributed by atoms with Crippen molar-refractivity contribution in [3.05, 3.63) is 29.8 Å². The number of hydrogen-bond acceptors (Lipinski definition) is 3. The maximum absolute atomic E-state index is 12.0. The first-order valence-corrected chi connectivity index (χ1v) is 7.52. The molecule has 2 rings (SSSR count). The number of hydrogen-bond donors (Lipinski definition) is 2. The van der Waals surface area contributed by atoms with Crippen molar-refractivity contribution in [3.8, 4) is 5.75 Å². The van der Waals surface area contributed by atoms with Gasteiger partial charge in [0.25, 0.3) is 0 Å². The van der Waals surface area contributed by atoms with Crippen molar-refractivity contribution in [2.45, 2.75) is 19.8 Å². The summed E-state index contributed by atoms with van der Waals surface area (Å²) in [6.07, 6.45) is 1.03. The predicted octanol–water partition coefficient (Wildman–Crippen LogP) is 1.88. The molecule has 1 heterocycles. The molecular formula is C16H22N2O4. The summed E-state index contributed by atoms with van der Waals surface area (Å²) in [7, 11) is 0. The minimum atomic E-state index is -0.772. The third kappa shape index (κ3) is 4.38. The van der Waals surface area contributed by atoms with E-state index >= 15 is 0 Å². The van der Waals surface area contributed by atoms with E-state index in [-0.39, 0.29) is 11.9 Å². The number of carbonyl (C=O) groups excluding carboxylic acids is 1. The lowest BCUT2D eigenvalue weighted by molar-refractivity contribution is -0.143. The van der Waals surface area contributed by atoms with Crippen LogP contribution in [0.1, 0.15) is 18.4 Å². The summed E-state index contributed by atoms with van der Waals surface area (Å²) in [5.74, 6) is -0.279. The topological polar surface area (TPSA) is 78.9 Å². The molecule has 1 aromatic carbocycles. The highest BCUT2D eigenvalue weighted by Gasteiger charge is 2.26. The Bertz CT molecular complexity index is 525. The van der Waals surface area contributed by atoms with Crippen molar-refractivity contribution in [3.63, 3.8) is 0 Å². The van der Waals surface area contributed by atoms with Gasteiger partial charge in [0.05, 0.1) is 12.5 Å². The molecule has 1 aromatic rings. The molecule has 0 radical (unpaired) electrons. The van der Waals surface area contributed by atoms with Crippen LogP contribution >= 0.6 is 0 Å². The lowest BCUT2D eigenvalue weighted by Gasteiger charge is -2.30. The van der Waals surface area contributed by atoms with Crippen molar-refractivity contribution in [2.24, 2.45) is 5.92 Å². The molecule has 6 heteroatoms. The van der Waals surface area contributed by atoms with E-state index in [0.29, 0.717) is 39.1 Å². The number of urea groups is 1. The third-order valence-corrected chi connectivity index (χ3v) is 3.86. The Labute approximate surface area is 130 Å². The molecule has 2 N–H and O–H groups in total. The first kappa shape index (κ1) is 16.1. The summed E-state index contributed by atoms with van der Waals surface area (Å²) in [4.78, 5) is 24.5. The zero-order chi connectivity index (χ0) is 15.9. The van der Waals surface area contributed by atoms with Gasteiger partial charge in [0.1, 0.15) is 12.4 Å². The van der Waals surface area contributed by atoms with E-state index in [1.54, 1.807) is 4.90 Å². The van der Waals surface area contributed by atoms with E-state index in [0.717, 1.165) is 11.3 Å².